The highest BCUT2D eigenvalue weighted by Crippen LogP contribution is 2.66. The van der Waals surface area contributed by atoms with Crippen molar-refractivity contribution in [2.24, 2.45) is 46.3 Å². The number of hydrogen-bond acceptors (Lipinski definition) is 1. The molecular formula is C29H46O. The van der Waals surface area contributed by atoms with Crippen LogP contribution in [0.4, 0.5) is 0 Å². The van der Waals surface area contributed by atoms with Crippen LogP contribution in [0, 0.1) is 46.3 Å². The Labute approximate surface area is 186 Å². The molecule has 0 radical (unpaired) electrons. The second-order valence-electron chi connectivity index (χ2n) is 12.1. The van der Waals surface area contributed by atoms with Crippen molar-refractivity contribution in [2.45, 2.75) is 99.0 Å². The van der Waals surface area contributed by atoms with Gasteiger partial charge in [0.05, 0.1) is 6.10 Å². The fraction of sp³-hybridized carbons (Fsp3) is 0.793. The number of rotatable bonds is 5. The van der Waals surface area contributed by atoms with Crippen molar-refractivity contribution in [2.75, 3.05) is 0 Å². The van der Waals surface area contributed by atoms with Gasteiger partial charge in [-0.2, -0.15) is 0 Å². The van der Waals surface area contributed by atoms with Crippen LogP contribution in [-0.4, -0.2) is 11.2 Å². The standard InChI is InChI=1S/C29H46O/c1-7-21(19(2)3)9-8-20(4)25-12-13-26-24-11-10-22-18-23(30)14-16-28(22,5)27(24)15-17-29(25,26)6/h8-11,19-21,23,25-27,30H,7,12-18H2,1-6H3/b9-8+/t20-,21+,23+,25-,26+,27+,28-,29+/m0/s1. The number of fused-ring (bicyclic) bond motifs is 5. The first-order chi connectivity index (χ1) is 14.2. The highest BCUT2D eigenvalue weighted by molar-refractivity contribution is 5.39. The summed E-state index contributed by atoms with van der Waals surface area (Å²) < 4.78 is 0. The third-order valence-corrected chi connectivity index (χ3v) is 10.2. The third kappa shape index (κ3) is 3.58. The molecule has 1 N–H and O–H groups in total. The number of aliphatic hydroxyl groups is 1. The molecule has 3 fully saturated rings. The molecule has 0 saturated heterocycles. The molecule has 0 amide bonds. The van der Waals surface area contributed by atoms with E-state index in [9.17, 15) is 5.11 Å². The van der Waals surface area contributed by atoms with Crippen molar-refractivity contribution in [3.05, 3.63) is 35.5 Å². The van der Waals surface area contributed by atoms with E-state index in [4.69, 9.17) is 0 Å². The Balaban J connectivity index is 1.56. The summed E-state index contributed by atoms with van der Waals surface area (Å²) in [4.78, 5) is 0. The van der Waals surface area contributed by atoms with Crippen LogP contribution in [-0.2, 0) is 0 Å². The largest absolute Gasteiger partial charge is 0.393 e. The molecule has 168 valence electrons. The lowest BCUT2D eigenvalue weighted by atomic mass is 9.50. The summed E-state index contributed by atoms with van der Waals surface area (Å²) in [5.74, 6) is 4.45. The Bertz CT molecular complexity index is 727. The van der Waals surface area contributed by atoms with Gasteiger partial charge in [-0.3, -0.25) is 0 Å². The predicted octanol–water partition coefficient (Wildman–Crippen LogP) is 7.72. The molecular weight excluding hydrogens is 364 g/mol. The zero-order valence-corrected chi connectivity index (χ0v) is 20.5. The topological polar surface area (TPSA) is 20.2 Å². The van der Waals surface area contributed by atoms with Gasteiger partial charge in [0.1, 0.15) is 0 Å². The van der Waals surface area contributed by atoms with Crippen LogP contribution < -0.4 is 0 Å². The SMILES string of the molecule is CC[C@H](/C=C/[C@H](C)[C@@H]1CC[C@@H]2C3=CC=C4C[C@H](O)CC[C@]4(C)[C@@H]3CC[C@@]21C)C(C)C. The third-order valence-electron chi connectivity index (χ3n) is 10.2. The van der Waals surface area contributed by atoms with Crippen LogP contribution in [0.15, 0.2) is 35.5 Å². The molecule has 3 saturated carbocycles. The molecule has 4 rings (SSSR count). The zero-order valence-electron chi connectivity index (χ0n) is 20.5. The molecule has 0 aromatic carbocycles. The summed E-state index contributed by atoms with van der Waals surface area (Å²) in [6.45, 7) is 14.7. The van der Waals surface area contributed by atoms with Crippen molar-refractivity contribution < 1.29 is 5.11 Å². The molecule has 4 aliphatic rings. The molecule has 0 aliphatic heterocycles. The summed E-state index contributed by atoms with van der Waals surface area (Å²) in [7, 11) is 0. The molecule has 0 spiro atoms. The van der Waals surface area contributed by atoms with Gasteiger partial charge in [-0.25, -0.2) is 0 Å². The fourth-order valence-electron chi connectivity index (χ4n) is 8.17. The maximum absolute atomic E-state index is 10.2. The van der Waals surface area contributed by atoms with E-state index in [1.165, 1.54) is 44.1 Å². The summed E-state index contributed by atoms with van der Waals surface area (Å²) >= 11 is 0. The molecule has 0 unspecified atom stereocenters. The Morgan fingerprint density at radius 3 is 2.47 bits per heavy atom. The molecule has 1 heteroatoms. The Hall–Kier alpha value is -0.820. The van der Waals surface area contributed by atoms with E-state index in [0.717, 1.165) is 42.4 Å². The van der Waals surface area contributed by atoms with E-state index in [1.807, 2.05) is 0 Å². The van der Waals surface area contributed by atoms with Crippen LogP contribution in [0.1, 0.15) is 92.9 Å². The minimum atomic E-state index is -0.116. The van der Waals surface area contributed by atoms with Crippen molar-refractivity contribution in [1.82, 2.24) is 0 Å². The monoisotopic (exact) mass is 410 g/mol. The van der Waals surface area contributed by atoms with Crippen LogP contribution in [0.3, 0.4) is 0 Å². The van der Waals surface area contributed by atoms with E-state index < -0.39 is 0 Å². The Kier molecular flexibility index (Phi) is 6.17. The van der Waals surface area contributed by atoms with E-state index >= 15 is 0 Å². The zero-order chi connectivity index (χ0) is 21.7. The smallest absolute Gasteiger partial charge is 0.0578 e. The van der Waals surface area contributed by atoms with Crippen molar-refractivity contribution >= 4 is 0 Å². The van der Waals surface area contributed by atoms with E-state index in [1.54, 1.807) is 5.57 Å². The van der Waals surface area contributed by atoms with Gasteiger partial charge in [0.25, 0.3) is 0 Å². The summed E-state index contributed by atoms with van der Waals surface area (Å²) in [6, 6.07) is 0. The molecule has 0 heterocycles. The lowest BCUT2D eigenvalue weighted by molar-refractivity contribution is 0.0382. The maximum Gasteiger partial charge on any atom is 0.0578 e. The quantitative estimate of drug-likeness (QED) is 0.460. The average molecular weight is 411 g/mol. The summed E-state index contributed by atoms with van der Waals surface area (Å²) in [5, 5.41) is 10.2. The summed E-state index contributed by atoms with van der Waals surface area (Å²) in [5.41, 5.74) is 4.07. The Morgan fingerprint density at radius 1 is 1.00 bits per heavy atom. The second kappa shape index (κ2) is 8.27. The van der Waals surface area contributed by atoms with Gasteiger partial charge in [-0.15, -0.1) is 0 Å². The van der Waals surface area contributed by atoms with Gasteiger partial charge >= 0.3 is 0 Å². The predicted molar refractivity (Wildman–Crippen MR) is 128 cm³/mol. The van der Waals surface area contributed by atoms with Gasteiger partial charge < -0.3 is 5.11 Å². The minimum absolute atomic E-state index is 0.116. The van der Waals surface area contributed by atoms with Crippen LogP contribution in [0.2, 0.25) is 0 Å². The highest BCUT2D eigenvalue weighted by atomic mass is 16.3. The molecule has 8 atom stereocenters. The first-order valence-corrected chi connectivity index (χ1v) is 13.0. The van der Waals surface area contributed by atoms with Crippen molar-refractivity contribution in [3.8, 4) is 0 Å². The van der Waals surface area contributed by atoms with E-state index in [2.05, 4.69) is 65.8 Å². The van der Waals surface area contributed by atoms with Crippen molar-refractivity contribution in [3.63, 3.8) is 0 Å². The number of aliphatic hydroxyl groups excluding tert-OH is 1. The molecule has 30 heavy (non-hydrogen) atoms. The van der Waals surface area contributed by atoms with E-state index in [-0.39, 0.29) is 6.10 Å². The van der Waals surface area contributed by atoms with Crippen LogP contribution in [0.5, 0.6) is 0 Å². The van der Waals surface area contributed by atoms with Crippen molar-refractivity contribution in [1.29, 1.82) is 0 Å². The highest BCUT2D eigenvalue weighted by Gasteiger charge is 2.56. The van der Waals surface area contributed by atoms with Gasteiger partial charge in [-0.1, -0.05) is 77.0 Å². The molecule has 4 aliphatic carbocycles. The summed E-state index contributed by atoms with van der Waals surface area (Å²) in [6.07, 6.45) is 19.7. The lowest BCUT2D eigenvalue weighted by Gasteiger charge is -2.55. The lowest BCUT2D eigenvalue weighted by Crippen LogP contribution is -2.46. The minimum Gasteiger partial charge on any atom is -0.393 e. The van der Waals surface area contributed by atoms with Gasteiger partial charge in [-0.05, 0) is 97.7 Å². The van der Waals surface area contributed by atoms with Gasteiger partial charge in [0, 0.05) is 0 Å². The number of hydrogen-bond donors (Lipinski definition) is 1. The first-order valence-electron chi connectivity index (χ1n) is 13.0. The average Bonchev–Trinajstić information content (AvgIpc) is 3.06. The first kappa shape index (κ1) is 22.4. The van der Waals surface area contributed by atoms with Gasteiger partial charge in [0.15, 0.2) is 0 Å². The van der Waals surface area contributed by atoms with Crippen LogP contribution in [0.25, 0.3) is 0 Å². The molecule has 0 aromatic rings. The van der Waals surface area contributed by atoms with Gasteiger partial charge in [0.2, 0.25) is 0 Å². The molecule has 0 aromatic heterocycles. The number of allylic oxidation sites excluding steroid dienone is 5. The van der Waals surface area contributed by atoms with E-state index in [0.29, 0.717) is 16.7 Å². The van der Waals surface area contributed by atoms with Crippen LogP contribution >= 0.6 is 0 Å². The Morgan fingerprint density at radius 2 is 1.77 bits per heavy atom. The maximum atomic E-state index is 10.2. The molecule has 0 bridgehead atoms. The fourth-order valence-corrected chi connectivity index (χ4v) is 8.17. The normalized spacial score (nSPS) is 42.9. The molecule has 1 nitrogen and oxygen atoms in total. The second-order valence-corrected chi connectivity index (χ2v) is 12.1.